The van der Waals surface area contributed by atoms with Gasteiger partial charge in [-0.3, -0.25) is 0 Å². The Kier molecular flexibility index (Phi) is 19.1. The molecule has 0 aromatic carbocycles. The first-order valence-electron chi connectivity index (χ1n) is 13.1. The second-order valence-corrected chi connectivity index (χ2v) is 10.1. The van der Waals surface area contributed by atoms with Crippen LogP contribution in [0.3, 0.4) is 0 Å². The van der Waals surface area contributed by atoms with Gasteiger partial charge in [0.25, 0.3) is 0 Å². The van der Waals surface area contributed by atoms with Crippen LogP contribution in [-0.2, 0) is 0 Å². The van der Waals surface area contributed by atoms with Crippen LogP contribution in [-0.4, -0.2) is 50.5 Å². The molecule has 6 nitrogen and oxygen atoms in total. The molecule has 10 N–H and O–H groups in total. The van der Waals surface area contributed by atoms with E-state index in [2.05, 4.69) is 26.1 Å². The second-order valence-electron chi connectivity index (χ2n) is 10.1. The molecule has 0 amide bonds. The van der Waals surface area contributed by atoms with Crippen LogP contribution in [0.15, 0.2) is 0 Å². The zero-order valence-electron chi connectivity index (χ0n) is 21.2. The summed E-state index contributed by atoms with van der Waals surface area (Å²) in [5.41, 5.74) is 24.3. The summed E-state index contributed by atoms with van der Waals surface area (Å²) in [5.74, 6) is 3.34. The molecule has 188 valence electrons. The molecule has 0 saturated carbocycles. The molecule has 6 heteroatoms. The second kappa shape index (κ2) is 19.2. The monoisotopic (exact) mass is 443 g/mol. The van der Waals surface area contributed by atoms with Crippen LogP contribution in [0.5, 0.6) is 0 Å². The standard InChI is InChI=1S/C25H57N5O/c1-5-20(13-26)8-19(4)9-22(15-28)11-24(17-30-18-25(31)7-3)12-23(16-29)10-21(6-2)14-27/h19-25,30-31H,5-18,26-29H2,1-4H3. The molecule has 0 aliphatic heterocycles. The van der Waals surface area contributed by atoms with Gasteiger partial charge in [0, 0.05) is 6.54 Å². The van der Waals surface area contributed by atoms with Crippen LogP contribution in [0.4, 0.5) is 0 Å². The molecule has 7 unspecified atom stereocenters. The van der Waals surface area contributed by atoms with E-state index in [0.717, 1.165) is 71.1 Å². The van der Waals surface area contributed by atoms with Gasteiger partial charge >= 0.3 is 0 Å². The fraction of sp³-hybridized carbons (Fsp3) is 1.00. The summed E-state index contributed by atoms with van der Waals surface area (Å²) in [4.78, 5) is 0. The fourth-order valence-electron chi connectivity index (χ4n) is 4.95. The van der Waals surface area contributed by atoms with Crippen molar-refractivity contribution >= 4 is 0 Å². The molecular weight excluding hydrogens is 386 g/mol. The molecule has 7 atom stereocenters. The first-order chi connectivity index (χ1) is 14.9. The van der Waals surface area contributed by atoms with Crippen LogP contribution < -0.4 is 28.3 Å². The van der Waals surface area contributed by atoms with Crippen molar-refractivity contribution in [2.75, 3.05) is 39.3 Å². The Morgan fingerprint density at radius 2 is 1.00 bits per heavy atom. The highest BCUT2D eigenvalue weighted by atomic mass is 16.3. The average Bonchev–Trinajstić information content (AvgIpc) is 2.78. The lowest BCUT2D eigenvalue weighted by Gasteiger charge is -2.30. The first-order valence-corrected chi connectivity index (χ1v) is 13.1. The summed E-state index contributed by atoms with van der Waals surface area (Å²) in [7, 11) is 0. The van der Waals surface area contributed by atoms with Gasteiger partial charge in [-0.05, 0) is 107 Å². The van der Waals surface area contributed by atoms with Crippen molar-refractivity contribution < 1.29 is 5.11 Å². The average molecular weight is 444 g/mol. The summed E-state index contributed by atoms with van der Waals surface area (Å²) in [5, 5.41) is 13.4. The Hall–Kier alpha value is -0.240. The van der Waals surface area contributed by atoms with Crippen molar-refractivity contribution in [1.29, 1.82) is 0 Å². The smallest absolute Gasteiger partial charge is 0.0662 e. The third-order valence-electron chi connectivity index (χ3n) is 7.24. The summed E-state index contributed by atoms with van der Waals surface area (Å²) in [6.45, 7) is 13.3. The quantitative estimate of drug-likeness (QED) is 0.161. The molecule has 31 heavy (non-hydrogen) atoms. The molecule has 0 radical (unpaired) electrons. The highest BCUT2D eigenvalue weighted by Crippen LogP contribution is 2.29. The molecule has 0 saturated heterocycles. The third kappa shape index (κ3) is 14.5. The predicted molar refractivity (Wildman–Crippen MR) is 136 cm³/mol. The molecule has 0 spiro atoms. The van der Waals surface area contributed by atoms with Gasteiger partial charge in [-0.2, -0.15) is 0 Å². The predicted octanol–water partition coefficient (Wildman–Crippen LogP) is 2.67. The maximum absolute atomic E-state index is 9.93. The first kappa shape index (κ1) is 30.8. The molecular formula is C25H57N5O. The maximum atomic E-state index is 9.93. The van der Waals surface area contributed by atoms with Gasteiger partial charge in [0.15, 0.2) is 0 Å². The van der Waals surface area contributed by atoms with Crippen molar-refractivity contribution in [3.63, 3.8) is 0 Å². The Balaban J connectivity index is 5.00. The van der Waals surface area contributed by atoms with Gasteiger partial charge in [-0.25, -0.2) is 0 Å². The van der Waals surface area contributed by atoms with Crippen LogP contribution in [0, 0.1) is 35.5 Å². The Bertz CT molecular complexity index is 390. The topological polar surface area (TPSA) is 136 Å². The highest BCUT2D eigenvalue weighted by Gasteiger charge is 2.23. The van der Waals surface area contributed by atoms with Crippen LogP contribution >= 0.6 is 0 Å². The minimum absolute atomic E-state index is 0.278. The van der Waals surface area contributed by atoms with E-state index in [-0.39, 0.29) is 6.10 Å². The van der Waals surface area contributed by atoms with Crippen LogP contribution in [0.1, 0.15) is 79.1 Å². The molecule has 0 rings (SSSR count). The van der Waals surface area contributed by atoms with Crippen molar-refractivity contribution in [2.45, 2.75) is 85.2 Å². The van der Waals surface area contributed by atoms with E-state index in [0.29, 0.717) is 48.6 Å². The Morgan fingerprint density at radius 3 is 1.45 bits per heavy atom. The summed E-state index contributed by atoms with van der Waals surface area (Å²) in [6, 6.07) is 0. The van der Waals surface area contributed by atoms with Gasteiger partial charge in [0.1, 0.15) is 0 Å². The van der Waals surface area contributed by atoms with Crippen molar-refractivity contribution in [2.24, 2.45) is 58.4 Å². The number of hydrogen-bond acceptors (Lipinski definition) is 6. The van der Waals surface area contributed by atoms with E-state index >= 15 is 0 Å². The number of hydrogen-bond donors (Lipinski definition) is 6. The minimum Gasteiger partial charge on any atom is -0.392 e. The lowest BCUT2D eigenvalue weighted by atomic mass is 9.79. The molecule has 0 aromatic heterocycles. The summed E-state index contributed by atoms with van der Waals surface area (Å²) < 4.78 is 0. The van der Waals surface area contributed by atoms with E-state index in [1.807, 2.05) is 6.92 Å². The molecule has 0 fully saturated rings. The van der Waals surface area contributed by atoms with Gasteiger partial charge in [-0.15, -0.1) is 0 Å². The Labute approximate surface area is 193 Å². The van der Waals surface area contributed by atoms with Gasteiger partial charge in [-0.1, -0.05) is 40.5 Å². The zero-order valence-corrected chi connectivity index (χ0v) is 21.2. The van der Waals surface area contributed by atoms with E-state index in [4.69, 9.17) is 22.9 Å². The highest BCUT2D eigenvalue weighted by molar-refractivity contribution is 4.78. The largest absolute Gasteiger partial charge is 0.392 e. The van der Waals surface area contributed by atoms with Crippen LogP contribution in [0.25, 0.3) is 0 Å². The van der Waals surface area contributed by atoms with Crippen LogP contribution in [0.2, 0.25) is 0 Å². The summed E-state index contributed by atoms with van der Waals surface area (Å²) >= 11 is 0. The maximum Gasteiger partial charge on any atom is 0.0662 e. The minimum atomic E-state index is -0.278. The molecule has 0 aromatic rings. The third-order valence-corrected chi connectivity index (χ3v) is 7.24. The van der Waals surface area contributed by atoms with E-state index < -0.39 is 0 Å². The number of nitrogens with one attached hydrogen (secondary N) is 1. The van der Waals surface area contributed by atoms with Gasteiger partial charge in [0.05, 0.1) is 6.10 Å². The van der Waals surface area contributed by atoms with Crippen molar-refractivity contribution in [3.05, 3.63) is 0 Å². The number of rotatable bonds is 21. The zero-order chi connectivity index (χ0) is 23.6. The van der Waals surface area contributed by atoms with E-state index in [1.165, 1.54) is 6.42 Å². The molecule has 0 aliphatic rings. The lowest BCUT2D eigenvalue weighted by molar-refractivity contribution is 0.161. The normalized spacial score (nSPS) is 18.9. The molecule has 0 aliphatic carbocycles. The van der Waals surface area contributed by atoms with Crippen molar-refractivity contribution in [1.82, 2.24) is 5.32 Å². The summed E-state index contributed by atoms with van der Waals surface area (Å²) in [6.07, 6.45) is 8.44. The Morgan fingerprint density at radius 1 is 0.581 bits per heavy atom. The van der Waals surface area contributed by atoms with E-state index in [9.17, 15) is 5.11 Å². The number of nitrogens with two attached hydrogens (primary N) is 4. The van der Waals surface area contributed by atoms with Gasteiger partial charge in [0.2, 0.25) is 0 Å². The number of aliphatic hydroxyl groups excluding tert-OH is 1. The lowest BCUT2D eigenvalue weighted by Crippen LogP contribution is -2.34. The van der Waals surface area contributed by atoms with Crippen molar-refractivity contribution in [3.8, 4) is 0 Å². The van der Waals surface area contributed by atoms with E-state index in [1.54, 1.807) is 0 Å². The SMILES string of the molecule is CCC(O)CNCC(CC(CN)CC(C)CC(CC)CN)CC(CN)CC(CC)CN. The molecule has 0 heterocycles. The fourth-order valence-corrected chi connectivity index (χ4v) is 4.95. The molecule has 0 bridgehead atoms. The number of aliphatic hydroxyl groups is 1. The van der Waals surface area contributed by atoms with Gasteiger partial charge < -0.3 is 33.4 Å².